The number of benzene rings is 1. The number of anilines is 1. The highest BCUT2D eigenvalue weighted by Crippen LogP contribution is 2.40. The van der Waals surface area contributed by atoms with Gasteiger partial charge in [0.15, 0.2) is 0 Å². The van der Waals surface area contributed by atoms with Crippen molar-refractivity contribution in [1.29, 1.82) is 0 Å². The molecule has 1 aliphatic carbocycles. The van der Waals surface area contributed by atoms with E-state index in [4.69, 9.17) is 17.3 Å². The normalized spacial score (nSPS) is 29.2. The molecule has 0 aromatic heterocycles. The van der Waals surface area contributed by atoms with Crippen LogP contribution >= 0.6 is 23.4 Å². The molecule has 1 saturated carbocycles. The highest BCUT2D eigenvalue weighted by molar-refractivity contribution is 8.00. The zero-order valence-corrected chi connectivity index (χ0v) is 12.0. The number of nitrogens with two attached hydrogens (primary N) is 1. The number of thioether (sulfide) groups is 1. The Morgan fingerprint density at radius 3 is 2.65 bits per heavy atom. The first-order valence-electron chi connectivity index (χ1n) is 6.28. The van der Waals surface area contributed by atoms with Gasteiger partial charge in [0.1, 0.15) is 0 Å². The highest BCUT2D eigenvalue weighted by atomic mass is 35.5. The first kappa shape index (κ1) is 13.1. The fourth-order valence-corrected chi connectivity index (χ4v) is 3.95. The van der Waals surface area contributed by atoms with Crippen LogP contribution in [0.2, 0.25) is 5.02 Å². The molecule has 3 atom stereocenters. The Labute approximate surface area is 113 Å². The molecule has 0 radical (unpaired) electrons. The average molecular weight is 270 g/mol. The van der Waals surface area contributed by atoms with Crippen molar-refractivity contribution >= 4 is 29.1 Å². The lowest BCUT2D eigenvalue weighted by Crippen LogP contribution is -2.22. The van der Waals surface area contributed by atoms with E-state index < -0.39 is 0 Å². The van der Waals surface area contributed by atoms with E-state index in [1.54, 1.807) is 0 Å². The second kappa shape index (κ2) is 5.53. The molecule has 1 fully saturated rings. The maximum Gasteiger partial charge on any atom is 0.0467 e. The minimum Gasteiger partial charge on any atom is -0.398 e. The monoisotopic (exact) mass is 269 g/mol. The van der Waals surface area contributed by atoms with Crippen LogP contribution in [0.3, 0.4) is 0 Å². The second-order valence-electron chi connectivity index (χ2n) is 5.19. The van der Waals surface area contributed by atoms with Crippen LogP contribution in [0.15, 0.2) is 23.1 Å². The van der Waals surface area contributed by atoms with Gasteiger partial charge in [0.2, 0.25) is 0 Å². The van der Waals surface area contributed by atoms with Gasteiger partial charge >= 0.3 is 0 Å². The van der Waals surface area contributed by atoms with Crippen LogP contribution in [0, 0.1) is 11.8 Å². The topological polar surface area (TPSA) is 26.0 Å². The predicted molar refractivity (Wildman–Crippen MR) is 77.7 cm³/mol. The lowest BCUT2D eigenvalue weighted by atomic mass is 9.81. The molecule has 1 aromatic rings. The molecule has 0 saturated heterocycles. The number of nitrogen functional groups attached to an aromatic ring is 1. The van der Waals surface area contributed by atoms with Gasteiger partial charge in [0, 0.05) is 20.9 Å². The molecule has 3 heteroatoms. The smallest absolute Gasteiger partial charge is 0.0467 e. The van der Waals surface area contributed by atoms with E-state index in [0.29, 0.717) is 5.25 Å². The van der Waals surface area contributed by atoms with Gasteiger partial charge in [0.05, 0.1) is 0 Å². The van der Waals surface area contributed by atoms with Crippen molar-refractivity contribution in [3.8, 4) is 0 Å². The molecule has 17 heavy (non-hydrogen) atoms. The minimum atomic E-state index is 0.713. The zero-order valence-electron chi connectivity index (χ0n) is 10.4. The molecule has 1 nitrogen and oxygen atoms in total. The minimum absolute atomic E-state index is 0.713. The molecule has 2 rings (SSSR count). The summed E-state index contributed by atoms with van der Waals surface area (Å²) >= 11 is 7.83. The maximum atomic E-state index is 6.00. The lowest BCUT2D eigenvalue weighted by Gasteiger charge is -2.31. The molecule has 0 amide bonds. The summed E-state index contributed by atoms with van der Waals surface area (Å²) in [5.74, 6) is 1.70. The van der Waals surface area contributed by atoms with Crippen molar-refractivity contribution in [3.05, 3.63) is 23.2 Å². The number of rotatable bonds is 2. The lowest BCUT2D eigenvalue weighted by molar-refractivity contribution is 0.283. The van der Waals surface area contributed by atoms with Crippen molar-refractivity contribution < 1.29 is 0 Å². The Kier molecular flexibility index (Phi) is 4.26. The van der Waals surface area contributed by atoms with Crippen LogP contribution < -0.4 is 5.73 Å². The van der Waals surface area contributed by atoms with Crippen molar-refractivity contribution in [2.24, 2.45) is 11.8 Å². The van der Waals surface area contributed by atoms with Gasteiger partial charge < -0.3 is 5.73 Å². The summed E-state index contributed by atoms with van der Waals surface area (Å²) < 4.78 is 0. The molecule has 1 aliphatic rings. The first-order chi connectivity index (χ1) is 8.06. The Morgan fingerprint density at radius 1 is 1.24 bits per heavy atom. The van der Waals surface area contributed by atoms with Gasteiger partial charge in [-0.25, -0.2) is 0 Å². The fourth-order valence-electron chi connectivity index (χ4n) is 2.41. The third-order valence-corrected chi connectivity index (χ3v) is 5.44. The fraction of sp³-hybridized carbons (Fsp3) is 0.571. The Bertz CT molecular complexity index is 394. The molecule has 0 aliphatic heterocycles. The molecule has 0 bridgehead atoms. The molecule has 0 heterocycles. The Hall–Kier alpha value is -0.340. The van der Waals surface area contributed by atoms with Crippen molar-refractivity contribution in [3.63, 3.8) is 0 Å². The van der Waals surface area contributed by atoms with E-state index in [1.165, 1.54) is 24.2 Å². The SMILES string of the molecule is CC1CCC(Sc2ccc(Cl)cc2N)CC1C. The van der Waals surface area contributed by atoms with E-state index in [0.717, 1.165) is 22.5 Å². The molecule has 3 unspecified atom stereocenters. The van der Waals surface area contributed by atoms with Crippen LogP contribution in [-0.2, 0) is 0 Å². The van der Waals surface area contributed by atoms with Crippen LogP contribution in [0.5, 0.6) is 0 Å². The standard InChI is InChI=1S/C14H20ClNS/c1-9-3-5-12(7-10(9)2)17-14-6-4-11(15)8-13(14)16/h4,6,8-10,12H,3,5,7,16H2,1-2H3. The van der Waals surface area contributed by atoms with E-state index in [2.05, 4.69) is 13.8 Å². The summed E-state index contributed by atoms with van der Waals surface area (Å²) in [4.78, 5) is 1.18. The van der Waals surface area contributed by atoms with Gasteiger partial charge in [0.25, 0.3) is 0 Å². The van der Waals surface area contributed by atoms with Gasteiger partial charge in [-0.3, -0.25) is 0 Å². The summed E-state index contributed by atoms with van der Waals surface area (Å²) in [5.41, 5.74) is 6.81. The van der Waals surface area contributed by atoms with Crippen LogP contribution in [-0.4, -0.2) is 5.25 Å². The van der Waals surface area contributed by atoms with Gasteiger partial charge in [-0.15, -0.1) is 11.8 Å². The number of halogens is 1. The highest BCUT2D eigenvalue weighted by Gasteiger charge is 2.25. The summed E-state index contributed by atoms with van der Waals surface area (Å²) in [7, 11) is 0. The second-order valence-corrected chi connectivity index (χ2v) is 6.97. The van der Waals surface area contributed by atoms with Gasteiger partial charge in [-0.2, -0.15) is 0 Å². The number of hydrogen-bond donors (Lipinski definition) is 1. The van der Waals surface area contributed by atoms with Crippen molar-refractivity contribution in [1.82, 2.24) is 0 Å². The first-order valence-corrected chi connectivity index (χ1v) is 7.53. The molecular weight excluding hydrogens is 250 g/mol. The summed E-state index contributed by atoms with van der Waals surface area (Å²) in [6, 6.07) is 5.82. The third kappa shape index (κ3) is 3.32. The maximum absolute atomic E-state index is 6.00. The largest absolute Gasteiger partial charge is 0.398 e. The van der Waals surface area contributed by atoms with Crippen molar-refractivity contribution in [2.45, 2.75) is 43.3 Å². The molecule has 94 valence electrons. The predicted octanol–water partition coefficient (Wildman–Crippen LogP) is 4.84. The summed E-state index contributed by atoms with van der Waals surface area (Å²) in [5, 5.41) is 1.43. The molecule has 2 N–H and O–H groups in total. The van der Waals surface area contributed by atoms with E-state index in [1.807, 2.05) is 30.0 Å². The average Bonchev–Trinajstić information content (AvgIpc) is 2.27. The van der Waals surface area contributed by atoms with E-state index in [-0.39, 0.29) is 0 Å². The Balaban J connectivity index is 2.01. The van der Waals surface area contributed by atoms with Crippen LogP contribution in [0.4, 0.5) is 5.69 Å². The molecule has 1 aromatic carbocycles. The van der Waals surface area contributed by atoms with Gasteiger partial charge in [-0.05, 0) is 49.3 Å². The Morgan fingerprint density at radius 2 is 2.00 bits per heavy atom. The van der Waals surface area contributed by atoms with Crippen LogP contribution in [0.1, 0.15) is 33.1 Å². The quantitative estimate of drug-likeness (QED) is 0.778. The van der Waals surface area contributed by atoms with E-state index >= 15 is 0 Å². The summed E-state index contributed by atoms with van der Waals surface area (Å²) in [6.45, 7) is 4.73. The van der Waals surface area contributed by atoms with Crippen LogP contribution in [0.25, 0.3) is 0 Å². The number of hydrogen-bond acceptors (Lipinski definition) is 2. The molecular formula is C14H20ClNS. The third-order valence-electron chi connectivity index (χ3n) is 3.82. The van der Waals surface area contributed by atoms with E-state index in [9.17, 15) is 0 Å². The molecule has 0 spiro atoms. The zero-order chi connectivity index (χ0) is 12.4. The van der Waals surface area contributed by atoms with Crippen molar-refractivity contribution in [2.75, 3.05) is 5.73 Å². The van der Waals surface area contributed by atoms with Gasteiger partial charge in [-0.1, -0.05) is 25.4 Å². The summed E-state index contributed by atoms with van der Waals surface area (Å²) in [6.07, 6.45) is 3.94.